The van der Waals surface area contributed by atoms with Crippen molar-refractivity contribution in [2.24, 2.45) is 16.6 Å². The number of carbonyl (C=O) groups is 4. The highest BCUT2D eigenvalue weighted by molar-refractivity contribution is 6.34. The minimum Gasteiger partial charge on any atom is -0.481 e. The Morgan fingerprint density at radius 3 is 1.32 bits per heavy atom. The fourth-order valence-corrected chi connectivity index (χ4v) is 8.16. The van der Waals surface area contributed by atoms with E-state index in [1.54, 1.807) is 0 Å². The molecule has 0 saturated carbocycles. The molecule has 4 atom stereocenters. The number of amides is 1. The number of halogens is 2. The summed E-state index contributed by atoms with van der Waals surface area (Å²) in [6, 6.07) is 31.8. The smallest absolute Gasteiger partial charge is 0.303 e. The maximum atomic E-state index is 12.9. The molecule has 0 bridgehead atoms. The lowest BCUT2D eigenvalue weighted by Gasteiger charge is -2.31. The highest BCUT2D eigenvalue weighted by atomic mass is 35.5. The third-order valence-corrected chi connectivity index (χ3v) is 12.4. The molecule has 0 spiro atoms. The summed E-state index contributed by atoms with van der Waals surface area (Å²) in [6.07, 6.45) is 3.12. The summed E-state index contributed by atoms with van der Waals surface area (Å²) in [6.45, 7) is 17.6. The Morgan fingerprint density at radius 2 is 1.00 bits per heavy atom. The molecule has 65 heavy (non-hydrogen) atoms. The summed E-state index contributed by atoms with van der Waals surface area (Å²) >= 11 is 12.5. The molecule has 0 aliphatic carbocycles. The molecule has 4 aromatic carbocycles. The zero-order chi connectivity index (χ0) is 49.1. The average molecular weight is 932 g/mol. The van der Waals surface area contributed by atoms with Crippen LogP contribution in [0.3, 0.4) is 0 Å². The molecular formula is C54H76Cl2N4O5. The van der Waals surface area contributed by atoms with Gasteiger partial charge >= 0.3 is 5.97 Å². The van der Waals surface area contributed by atoms with E-state index >= 15 is 0 Å². The van der Waals surface area contributed by atoms with Crippen LogP contribution in [0.1, 0.15) is 136 Å². The number of carboxylic acid groups (broad SMARTS) is 1. The van der Waals surface area contributed by atoms with Crippen molar-refractivity contribution in [3.05, 3.63) is 140 Å². The Morgan fingerprint density at radius 1 is 0.615 bits per heavy atom. The van der Waals surface area contributed by atoms with Crippen LogP contribution < -0.4 is 11.1 Å². The third-order valence-electron chi connectivity index (χ3n) is 11.8. The number of benzene rings is 4. The molecule has 0 aromatic heterocycles. The second-order valence-corrected chi connectivity index (χ2v) is 20.1. The van der Waals surface area contributed by atoms with Crippen LogP contribution in [0, 0.1) is 10.8 Å². The first-order chi connectivity index (χ1) is 30.4. The molecule has 0 saturated heterocycles. The highest BCUT2D eigenvalue weighted by Gasteiger charge is 2.30. The second kappa shape index (κ2) is 27.3. The molecule has 4 N–H and O–H groups in total. The number of nitrogens with one attached hydrogen (secondary N) is 1. The number of aliphatic carboxylic acids is 1. The average Bonchev–Trinajstić information content (AvgIpc) is 3.24. The zero-order valence-electron chi connectivity index (χ0n) is 41.0. The fourth-order valence-electron chi connectivity index (χ4n) is 7.55. The van der Waals surface area contributed by atoms with Crippen molar-refractivity contribution in [3.8, 4) is 0 Å². The number of hydrogen-bond donors (Lipinski definition) is 3. The monoisotopic (exact) mass is 931 g/mol. The number of nitrogens with two attached hydrogens (primary N) is 1. The predicted molar refractivity (Wildman–Crippen MR) is 271 cm³/mol. The predicted octanol–water partition coefficient (Wildman–Crippen LogP) is 11.4. The molecule has 1 amide bonds. The van der Waals surface area contributed by atoms with E-state index in [0.29, 0.717) is 53.5 Å². The quantitative estimate of drug-likeness (QED) is 0.0792. The van der Waals surface area contributed by atoms with Gasteiger partial charge in [-0.25, -0.2) is 0 Å². The molecule has 0 unspecified atom stereocenters. The van der Waals surface area contributed by atoms with E-state index in [2.05, 4.69) is 68.8 Å². The van der Waals surface area contributed by atoms with E-state index in [-0.39, 0.29) is 58.6 Å². The van der Waals surface area contributed by atoms with Crippen LogP contribution in [0.4, 0.5) is 0 Å². The first-order valence-corrected chi connectivity index (χ1v) is 23.4. The van der Waals surface area contributed by atoms with Gasteiger partial charge in [0.05, 0.1) is 16.5 Å². The van der Waals surface area contributed by atoms with Crippen LogP contribution >= 0.6 is 23.2 Å². The maximum absolute atomic E-state index is 12.9. The number of ketones is 2. The normalized spacial score (nSPS) is 13.4. The maximum Gasteiger partial charge on any atom is 0.303 e. The van der Waals surface area contributed by atoms with Crippen molar-refractivity contribution in [2.75, 3.05) is 41.3 Å². The van der Waals surface area contributed by atoms with Gasteiger partial charge in [0, 0.05) is 55.6 Å². The van der Waals surface area contributed by atoms with Crippen molar-refractivity contribution in [1.29, 1.82) is 0 Å². The Bertz CT molecular complexity index is 2100. The van der Waals surface area contributed by atoms with E-state index in [1.807, 2.05) is 127 Å². The first kappa shape index (κ1) is 56.7. The molecule has 0 radical (unpaired) electrons. The van der Waals surface area contributed by atoms with E-state index < -0.39 is 5.97 Å². The second-order valence-electron chi connectivity index (χ2n) is 19.3. The number of carboxylic acids is 1. The Kier molecular flexibility index (Phi) is 23.8. The lowest BCUT2D eigenvalue weighted by molar-refractivity contribution is -0.138. The number of hydrogen-bond acceptors (Lipinski definition) is 7. The van der Waals surface area contributed by atoms with Gasteiger partial charge in [-0.3, -0.25) is 19.2 Å². The number of likely N-dealkylation sites (N-methyl/N-ethyl adjacent to an activating group) is 2. The van der Waals surface area contributed by atoms with Crippen molar-refractivity contribution in [1.82, 2.24) is 15.1 Å². The van der Waals surface area contributed by atoms with E-state index in [9.17, 15) is 19.2 Å². The van der Waals surface area contributed by atoms with Crippen LogP contribution in [0.25, 0.3) is 0 Å². The van der Waals surface area contributed by atoms with Crippen LogP contribution in [0.2, 0.25) is 10.0 Å². The van der Waals surface area contributed by atoms with Crippen LogP contribution in [0.5, 0.6) is 0 Å². The molecule has 0 fully saturated rings. The van der Waals surface area contributed by atoms with Crippen LogP contribution in [-0.2, 0) is 22.4 Å². The molecule has 0 aliphatic heterocycles. The van der Waals surface area contributed by atoms with E-state index in [4.69, 9.17) is 34.0 Å². The van der Waals surface area contributed by atoms with Crippen molar-refractivity contribution in [3.63, 3.8) is 0 Å². The van der Waals surface area contributed by atoms with Crippen molar-refractivity contribution in [2.45, 2.75) is 118 Å². The number of Topliss-reactive ketones (excluding diaryl/α,β-unsaturated/α-hetero) is 2. The van der Waals surface area contributed by atoms with Gasteiger partial charge in [-0.05, 0) is 110 Å². The largest absolute Gasteiger partial charge is 0.481 e. The lowest BCUT2D eigenvalue weighted by Crippen LogP contribution is -2.42. The molecule has 356 valence electrons. The summed E-state index contributed by atoms with van der Waals surface area (Å²) in [7, 11) is 8.03. The van der Waals surface area contributed by atoms with Crippen LogP contribution in [-0.4, -0.2) is 91.7 Å². The van der Waals surface area contributed by atoms with Gasteiger partial charge in [0.1, 0.15) is 0 Å². The minimum absolute atomic E-state index is 0.0198. The van der Waals surface area contributed by atoms with Gasteiger partial charge in [-0.2, -0.15) is 0 Å². The Labute approximate surface area is 400 Å². The Balaban J connectivity index is 0.000000370. The molecular weight excluding hydrogens is 856 g/mol. The van der Waals surface area contributed by atoms with Gasteiger partial charge in [-0.1, -0.05) is 151 Å². The lowest BCUT2D eigenvalue weighted by atomic mass is 9.74. The molecule has 0 heterocycles. The van der Waals surface area contributed by atoms with Crippen molar-refractivity contribution >= 4 is 46.6 Å². The molecule has 4 rings (SSSR count). The summed E-state index contributed by atoms with van der Waals surface area (Å²) in [5.41, 5.74) is 11.3. The topological polar surface area (TPSA) is 133 Å². The number of nitrogens with zero attached hydrogens (tertiary/aromatic N) is 2. The van der Waals surface area contributed by atoms with Crippen LogP contribution in [0.15, 0.2) is 97.1 Å². The van der Waals surface area contributed by atoms with Gasteiger partial charge in [-0.15, -0.1) is 0 Å². The SMILES string of the molecule is CC(C)(C)[C@H](CC(=O)O)c1ccccc1.CCC(=O)c1ccc(C[C@@H](CN)N(C)C)cc1Cl.CCC(=O)c1ccc(C[C@@H](CNC(=O)C[C@H](c2ccccc2)C(C)(C)C)N(C)C)cc1Cl. The minimum atomic E-state index is -0.737. The molecule has 0 aliphatic rings. The molecule has 11 heteroatoms. The standard InChI is InChI=1S/C27H37ClN2O2.C14H21ClN2O.C13H18O2/c1-7-25(31)22-14-13-19(16-24(22)28)15-21(30(5)6)18-29-26(32)17-23(27(2,3)4)20-11-9-8-10-12-20;1-4-14(18)12-6-5-10(8-13(12)15)7-11(9-16)17(2)3;1-13(2,3)11(9-12(14)15)10-7-5-4-6-8-10/h8-14,16,21,23H,7,15,17-18H2,1-6H3,(H,29,32);5-6,8,11H,4,7,9,16H2,1-3H3;4-8,11H,9H2,1-3H3,(H,14,15)/t21-,23+;2*11-/m001/s1. The first-order valence-electron chi connectivity index (χ1n) is 22.7. The summed E-state index contributed by atoms with van der Waals surface area (Å²) in [5, 5.41) is 13.1. The van der Waals surface area contributed by atoms with Gasteiger partial charge in [0.15, 0.2) is 11.6 Å². The highest BCUT2D eigenvalue weighted by Crippen LogP contribution is 2.38. The van der Waals surface area contributed by atoms with Gasteiger partial charge < -0.3 is 26.0 Å². The zero-order valence-corrected chi connectivity index (χ0v) is 42.5. The summed E-state index contributed by atoms with van der Waals surface area (Å²) in [5.74, 6) is -0.346. The number of rotatable bonds is 19. The fraction of sp³-hybridized carbons (Fsp3) is 0.481. The molecule has 9 nitrogen and oxygen atoms in total. The van der Waals surface area contributed by atoms with Crippen molar-refractivity contribution < 1.29 is 24.3 Å². The van der Waals surface area contributed by atoms with E-state index in [0.717, 1.165) is 29.5 Å². The third kappa shape index (κ3) is 19.6. The number of carbonyl (C=O) groups excluding carboxylic acids is 3. The van der Waals surface area contributed by atoms with Gasteiger partial charge in [0.25, 0.3) is 0 Å². The Hall–Kier alpha value is -4.38. The van der Waals surface area contributed by atoms with E-state index in [1.165, 1.54) is 5.56 Å². The summed E-state index contributed by atoms with van der Waals surface area (Å²) < 4.78 is 0. The van der Waals surface area contributed by atoms with Gasteiger partial charge in [0.2, 0.25) is 5.91 Å². The molecule has 4 aromatic rings. The summed E-state index contributed by atoms with van der Waals surface area (Å²) in [4.78, 5) is 51.5.